The molecule has 0 radical (unpaired) electrons. The number of amides is 2. The molecule has 0 aromatic carbocycles. The third-order valence-electron chi connectivity index (χ3n) is 0.660. The molecule has 0 bridgehead atoms. The van der Waals surface area contributed by atoms with Crippen molar-refractivity contribution in [3.05, 3.63) is 0 Å². The van der Waals surface area contributed by atoms with E-state index in [0.29, 0.717) is 0 Å². The minimum absolute atomic E-state index is 0.0967. The average molecular weight is 221 g/mol. The van der Waals surface area contributed by atoms with Gasteiger partial charge in [0.2, 0.25) is 0 Å². The number of primary amides is 1. The summed E-state index contributed by atoms with van der Waals surface area (Å²) in [6, 6.07) is -0.783. The molecule has 0 aliphatic carbocycles. The second-order valence-electron chi connectivity index (χ2n) is 1.68. The first kappa shape index (κ1) is 11.1. The Balaban J connectivity index is 3.22. The smallest absolute Gasteiger partial charge is 0.336 e. The zero-order valence-electron chi connectivity index (χ0n) is 5.44. The van der Waals surface area contributed by atoms with Crippen molar-refractivity contribution in [2.75, 3.05) is 6.61 Å². The van der Waals surface area contributed by atoms with Gasteiger partial charge in [-0.15, -0.1) is 0 Å². The summed E-state index contributed by atoms with van der Waals surface area (Å²) in [5, 5.41) is 0. The van der Waals surface area contributed by atoms with Crippen LogP contribution in [0.1, 0.15) is 6.42 Å². The van der Waals surface area contributed by atoms with E-state index in [2.05, 4.69) is 10.6 Å². The highest BCUT2D eigenvalue weighted by Crippen LogP contribution is 2.29. The van der Waals surface area contributed by atoms with Crippen LogP contribution >= 0.6 is 34.8 Å². The number of nitrogens with two attached hydrogens (primary N) is 1. The van der Waals surface area contributed by atoms with Gasteiger partial charge in [-0.05, 0) is 0 Å². The van der Waals surface area contributed by atoms with Crippen LogP contribution in [-0.2, 0) is 4.84 Å². The van der Waals surface area contributed by atoms with E-state index in [4.69, 9.17) is 34.8 Å². The molecule has 3 N–H and O–H groups in total. The first-order valence-electron chi connectivity index (χ1n) is 2.66. The van der Waals surface area contributed by atoms with Gasteiger partial charge in [-0.25, -0.2) is 10.3 Å². The monoisotopic (exact) mass is 220 g/mol. The van der Waals surface area contributed by atoms with Crippen molar-refractivity contribution in [2.45, 2.75) is 10.2 Å². The molecule has 66 valence electrons. The van der Waals surface area contributed by atoms with Crippen LogP contribution < -0.4 is 11.2 Å². The number of hydrogen-bond acceptors (Lipinski definition) is 2. The van der Waals surface area contributed by atoms with Gasteiger partial charge in [-0.1, -0.05) is 34.8 Å². The highest BCUT2D eigenvalue weighted by Gasteiger charge is 2.18. The summed E-state index contributed by atoms with van der Waals surface area (Å²) in [6.45, 7) is 0.0967. The van der Waals surface area contributed by atoms with Crippen molar-refractivity contribution in [1.82, 2.24) is 5.48 Å². The molecular weight excluding hydrogens is 214 g/mol. The molecule has 0 spiro atoms. The molecule has 0 aliphatic rings. The van der Waals surface area contributed by atoms with Crippen molar-refractivity contribution in [2.24, 2.45) is 5.73 Å². The summed E-state index contributed by atoms with van der Waals surface area (Å²) in [6.07, 6.45) is 0.179. The van der Waals surface area contributed by atoms with Gasteiger partial charge < -0.3 is 5.73 Å². The molecule has 0 aliphatic heterocycles. The van der Waals surface area contributed by atoms with E-state index in [-0.39, 0.29) is 13.0 Å². The predicted molar refractivity (Wildman–Crippen MR) is 43.6 cm³/mol. The fourth-order valence-corrected chi connectivity index (χ4v) is 0.520. The quantitative estimate of drug-likeness (QED) is 0.429. The molecule has 0 atom stereocenters. The molecule has 0 heterocycles. The van der Waals surface area contributed by atoms with Crippen molar-refractivity contribution in [3.63, 3.8) is 0 Å². The minimum Gasteiger partial charge on any atom is -0.350 e. The second-order valence-corrected chi connectivity index (χ2v) is 4.20. The van der Waals surface area contributed by atoms with Crippen molar-refractivity contribution in [1.29, 1.82) is 0 Å². The number of carbonyl (C=O) groups excluding carboxylic acids is 1. The predicted octanol–water partition coefficient (Wildman–Crippen LogP) is 1.35. The van der Waals surface area contributed by atoms with Gasteiger partial charge in [-0.3, -0.25) is 4.84 Å². The summed E-state index contributed by atoms with van der Waals surface area (Å²) in [7, 11) is 0. The van der Waals surface area contributed by atoms with Crippen molar-refractivity contribution < 1.29 is 9.63 Å². The highest BCUT2D eigenvalue weighted by molar-refractivity contribution is 6.67. The Hall–Kier alpha value is 0.1000. The molecule has 0 saturated heterocycles. The minimum atomic E-state index is -1.36. The van der Waals surface area contributed by atoms with Crippen LogP contribution in [0.25, 0.3) is 0 Å². The molecule has 0 fully saturated rings. The van der Waals surface area contributed by atoms with Gasteiger partial charge in [-0.2, -0.15) is 0 Å². The lowest BCUT2D eigenvalue weighted by Gasteiger charge is -2.09. The molecule has 0 aromatic rings. The Morgan fingerprint density at radius 2 is 2.09 bits per heavy atom. The van der Waals surface area contributed by atoms with E-state index in [1.54, 1.807) is 0 Å². The molecule has 0 unspecified atom stereocenters. The molecule has 0 saturated carbocycles. The van der Waals surface area contributed by atoms with E-state index in [9.17, 15) is 4.79 Å². The van der Waals surface area contributed by atoms with Crippen molar-refractivity contribution in [3.8, 4) is 0 Å². The van der Waals surface area contributed by atoms with Gasteiger partial charge in [0.1, 0.15) is 0 Å². The van der Waals surface area contributed by atoms with Crippen molar-refractivity contribution >= 4 is 40.8 Å². The Morgan fingerprint density at radius 3 is 2.45 bits per heavy atom. The summed E-state index contributed by atoms with van der Waals surface area (Å²) >= 11 is 16.1. The van der Waals surface area contributed by atoms with E-state index >= 15 is 0 Å². The SMILES string of the molecule is NC(=O)NOCCC(Cl)(Cl)Cl. The van der Waals surface area contributed by atoms with Crippen LogP contribution in [0.2, 0.25) is 0 Å². The largest absolute Gasteiger partial charge is 0.350 e. The van der Waals surface area contributed by atoms with Gasteiger partial charge in [0.05, 0.1) is 6.61 Å². The van der Waals surface area contributed by atoms with Crippen LogP contribution in [-0.4, -0.2) is 16.4 Å². The zero-order chi connectivity index (χ0) is 8.91. The number of nitrogens with one attached hydrogen (secondary N) is 1. The van der Waals surface area contributed by atoms with Gasteiger partial charge in [0, 0.05) is 6.42 Å². The normalized spacial score (nSPS) is 11.2. The number of rotatable bonds is 3. The van der Waals surface area contributed by atoms with Gasteiger partial charge in [0.25, 0.3) is 0 Å². The van der Waals surface area contributed by atoms with Crippen LogP contribution in [0.5, 0.6) is 0 Å². The number of urea groups is 1. The lowest BCUT2D eigenvalue weighted by atomic mass is 10.5. The Morgan fingerprint density at radius 1 is 1.55 bits per heavy atom. The molecule has 4 nitrogen and oxygen atoms in total. The summed E-state index contributed by atoms with van der Waals surface area (Å²) in [5.74, 6) is 0. The first-order valence-corrected chi connectivity index (χ1v) is 3.79. The number of alkyl halides is 3. The third-order valence-corrected chi connectivity index (χ3v) is 1.23. The van der Waals surface area contributed by atoms with E-state index in [1.807, 2.05) is 5.48 Å². The molecule has 7 heteroatoms. The average Bonchev–Trinajstić information content (AvgIpc) is 1.78. The topological polar surface area (TPSA) is 64.4 Å². The Bertz CT molecular complexity index is 136. The molecule has 11 heavy (non-hydrogen) atoms. The van der Waals surface area contributed by atoms with Crippen LogP contribution in [0.15, 0.2) is 0 Å². The Labute approximate surface area is 78.9 Å². The first-order chi connectivity index (χ1) is 4.92. The van der Waals surface area contributed by atoms with E-state index in [0.717, 1.165) is 0 Å². The lowest BCUT2D eigenvalue weighted by Crippen LogP contribution is -2.30. The maximum absolute atomic E-state index is 10.0. The summed E-state index contributed by atoms with van der Waals surface area (Å²) in [5.41, 5.74) is 6.55. The zero-order valence-corrected chi connectivity index (χ0v) is 7.71. The number of halogens is 3. The molecule has 0 aromatic heterocycles. The van der Waals surface area contributed by atoms with E-state index in [1.165, 1.54) is 0 Å². The number of hydrogen-bond donors (Lipinski definition) is 2. The third kappa shape index (κ3) is 10.1. The van der Waals surface area contributed by atoms with E-state index < -0.39 is 9.82 Å². The fraction of sp³-hybridized carbons (Fsp3) is 0.750. The van der Waals surface area contributed by atoms with Gasteiger partial charge in [0.15, 0.2) is 3.79 Å². The van der Waals surface area contributed by atoms with Gasteiger partial charge >= 0.3 is 6.03 Å². The van der Waals surface area contributed by atoms with Crippen LogP contribution in [0, 0.1) is 0 Å². The van der Waals surface area contributed by atoms with Crippen LogP contribution in [0.4, 0.5) is 4.79 Å². The maximum atomic E-state index is 10.0. The fourth-order valence-electron chi connectivity index (χ4n) is 0.289. The lowest BCUT2D eigenvalue weighted by molar-refractivity contribution is 0.0633. The summed E-state index contributed by atoms with van der Waals surface area (Å²) in [4.78, 5) is 14.5. The second kappa shape index (κ2) is 4.87. The standard InChI is InChI=1S/C4H7Cl3N2O2/c5-4(6,7)1-2-11-9-3(8)10/h1-2H2,(H3,8,9,10). The van der Waals surface area contributed by atoms with Crippen LogP contribution in [0.3, 0.4) is 0 Å². The number of carbonyl (C=O) groups is 1. The molecule has 2 amide bonds. The molecular formula is C4H7Cl3N2O2. The number of hydroxylamine groups is 1. The maximum Gasteiger partial charge on any atom is 0.336 e. The highest BCUT2D eigenvalue weighted by atomic mass is 35.6. The molecule has 0 rings (SSSR count). The Kier molecular flexibility index (Phi) is 4.92. The summed E-state index contributed by atoms with van der Waals surface area (Å²) < 4.78 is -1.36.